The van der Waals surface area contributed by atoms with Gasteiger partial charge in [-0.2, -0.15) is 5.11 Å². The predicted molar refractivity (Wildman–Crippen MR) is 29.0 cm³/mol. The molecule has 0 saturated heterocycles. The first-order valence-corrected chi connectivity index (χ1v) is 2.22. The minimum atomic E-state index is 1.03. The summed E-state index contributed by atoms with van der Waals surface area (Å²) in [5.41, 5.74) is 2.19. The predicted octanol–water partition coefficient (Wildman–Crippen LogP) is 1.32. The van der Waals surface area contributed by atoms with Gasteiger partial charge in [0.25, 0.3) is 0 Å². The molecule has 1 radical (unpaired) electrons. The SMILES string of the molecule is CC1=C(C)N=N[B]1. The fraction of sp³-hybridized carbons (Fsp3) is 0.500. The van der Waals surface area contributed by atoms with Crippen molar-refractivity contribution in [3.8, 4) is 0 Å². The van der Waals surface area contributed by atoms with Gasteiger partial charge in [0.15, 0.2) is 0 Å². The van der Waals surface area contributed by atoms with Crippen molar-refractivity contribution >= 4 is 7.41 Å². The van der Waals surface area contributed by atoms with Gasteiger partial charge in [0, 0.05) is 5.70 Å². The molecule has 0 amide bonds. The van der Waals surface area contributed by atoms with E-state index in [0.29, 0.717) is 0 Å². The van der Waals surface area contributed by atoms with Crippen molar-refractivity contribution in [2.24, 2.45) is 10.1 Å². The number of hydrogen-bond acceptors (Lipinski definition) is 2. The van der Waals surface area contributed by atoms with E-state index in [4.69, 9.17) is 0 Å². The average Bonchev–Trinajstić information content (AvgIpc) is 1.91. The summed E-state index contributed by atoms with van der Waals surface area (Å²) in [4.78, 5) is 0. The van der Waals surface area contributed by atoms with Gasteiger partial charge in [0.05, 0.1) is 0 Å². The zero-order chi connectivity index (χ0) is 5.28. The molecule has 3 heteroatoms. The summed E-state index contributed by atoms with van der Waals surface area (Å²) in [5, 5.41) is 7.44. The summed E-state index contributed by atoms with van der Waals surface area (Å²) in [5.74, 6) is 0. The Bertz CT molecular complexity index is 137. The second-order valence-electron chi connectivity index (χ2n) is 1.61. The number of rotatable bonds is 0. The molecule has 0 spiro atoms. The summed E-state index contributed by atoms with van der Waals surface area (Å²) < 4.78 is 0. The first-order valence-electron chi connectivity index (χ1n) is 2.22. The van der Waals surface area contributed by atoms with Gasteiger partial charge in [-0.05, 0) is 13.8 Å². The third kappa shape index (κ3) is 0.708. The number of hydrogen-bond donors (Lipinski definition) is 0. The Balaban J connectivity index is 2.79. The molecule has 7 heavy (non-hydrogen) atoms. The quantitative estimate of drug-likeness (QED) is 0.403. The van der Waals surface area contributed by atoms with Crippen molar-refractivity contribution in [3.63, 3.8) is 0 Å². The van der Waals surface area contributed by atoms with Crippen LogP contribution < -0.4 is 0 Å². The zero-order valence-corrected chi connectivity index (χ0v) is 4.47. The van der Waals surface area contributed by atoms with E-state index in [1.54, 1.807) is 7.41 Å². The Labute approximate surface area is 43.6 Å². The van der Waals surface area contributed by atoms with Crippen molar-refractivity contribution in [2.75, 3.05) is 0 Å². The van der Waals surface area contributed by atoms with E-state index in [9.17, 15) is 0 Å². The molecule has 1 heterocycles. The van der Waals surface area contributed by atoms with Crippen LogP contribution in [0.2, 0.25) is 0 Å². The molecule has 1 aliphatic heterocycles. The maximum atomic E-state index is 3.77. The molecule has 1 aliphatic rings. The summed E-state index contributed by atoms with van der Waals surface area (Å²) in [6, 6.07) is 0. The largest absolute Gasteiger partial charge is 0.340 e. The highest BCUT2D eigenvalue weighted by atomic mass is 15.1. The Morgan fingerprint density at radius 2 is 2.14 bits per heavy atom. The highest BCUT2D eigenvalue weighted by Crippen LogP contribution is 2.09. The van der Waals surface area contributed by atoms with Crippen LogP contribution in [0.4, 0.5) is 0 Å². The second kappa shape index (κ2) is 1.48. The van der Waals surface area contributed by atoms with Crippen molar-refractivity contribution in [2.45, 2.75) is 13.8 Å². The van der Waals surface area contributed by atoms with Gasteiger partial charge in [-0.1, -0.05) is 5.47 Å². The van der Waals surface area contributed by atoms with E-state index < -0.39 is 0 Å². The van der Waals surface area contributed by atoms with E-state index in [-0.39, 0.29) is 0 Å². The summed E-state index contributed by atoms with van der Waals surface area (Å²) in [6.07, 6.45) is 0. The molecule has 0 fully saturated rings. The minimum absolute atomic E-state index is 1.03. The highest BCUT2D eigenvalue weighted by molar-refractivity contribution is 6.43. The smallest absolute Gasteiger partial charge is 0.254 e. The minimum Gasteiger partial charge on any atom is -0.254 e. The van der Waals surface area contributed by atoms with Gasteiger partial charge < -0.3 is 0 Å². The maximum Gasteiger partial charge on any atom is 0.340 e. The standard InChI is InChI=1S/C4H6BN2/c1-3-4(2)6-7-5-3/h1-2H3. The van der Waals surface area contributed by atoms with Crippen LogP contribution in [0.3, 0.4) is 0 Å². The van der Waals surface area contributed by atoms with Crippen LogP contribution in [0.15, 0.2) is 21.3 Å². The van der Waals surface area contributed by atoms with Crippen LogP contribution in [0.1, 0.15) is 13.8 Å². The van der Waals surface area contributed by atoms with Crippen molar-refractivity contribution in [3.05, 3.63) is 11.2 Å². The fourth-order valence-electron chi connectivity index (χ4n) is 0.374. The molecular formula is C4H6BN2. The van der Waals surface area contributed by atoms with Gasteiger partial charge in [0.2, 0.25) is 0 Å². The first-order chi connectivity index (χ1) is 3.30. The van der Waals surface area contributed by atoms with E-state index in [1.165, 1.54) is 5.47 Å². The van der Waals surface area contributed by atoms with Gasteiger partial charge in [-0.15, -0.1) is 0 Å². The lowest BCUT2D eigenvalue weighted by molar-refractivity contribution is 1.20. The van der Waals surface area contributed by atoms with Crippen LogP contribution in [0, 0.1) is 0 Å². The summed E-state index contributed by atoms with van der Waals surface area (Å²) in [6.45, 7) is 3.94. The Kier molecular flexibility index (Phi) is 0.967. The molecule has 0 atom stereocenters. The van der Waals surface area contributed by atoms with Crippen LogP contribution in [0.5, 0.6) is 0 Å². The van der Waals surface area contributed by atoms with Crippen LogP contribution in [-0.4, -0.2) is 7.41 Å². The van der Waals surface area contributed by atoms with E-state index in [2.05, 4.69) is 10.1 Å². The fourth-order valence-corrected chi connectivity index (χ4v) is 0.374. The third-order valence-corrected chi connectivity index (χ3v) is 1.03. The zero-order valence-electron chi connectivity index (χ0n) is 4.47. The molecule has 1 rings (SSSR count). The Hall–Kier alpha value is -0.595. The average molecular weight is 92.9 g/mol. The van der Waals surface area contributed by atoms with Crippen LogP contribution >= 0.6 is 0 Å². The Morgan fingerprint density at radius 3 is 2.29 bits per heavy atom. The lowest BCUT2D eigenvalue weighted by atomic mass is 9.85. The molecule has 0 aromatic heterocycles. The van der Waals surface area contributed by atoms with Crippen LogP contribution in [-0.2, 0) is 0 Å². The normalized spacial score (nSPS) is 18.0. The van der Waals surface area contributed by atoms with E-state index in [1.807, 2.05) is 13.8 Å². The van der Waals surface area contributed by atoms with Gasteiger partial charge >= 0.3 is 7.41 Å². The number of allylic oxidation sites excluding steroid dienone is 2. The van der Waals surface area contributed by atoms with Gasteiger partial charge in [0.1, 0.15) is 0 Å². The van der Waals surface area contributed by atoms with E-state index >= 15 is 0 Å². The van der Waals surface area contributed by atoms with Gasteiger partial charge in [-0.3, -0.25) is 5.03 Å². The lowest BCUT2D eigenvalue weighted by Crippen LogP contribution is -1.80. The molecule has 0 bridgehead atoms. The Morgan fingerprint density at radius 1 is 1.43 bits per heavy atom. The maximum absolute atomic E-state index is 3.77. The van der Waals surface area contributed by atoms with Crippen molar-refractivity contribution in [1.82, 2.24) is 0 Å². The van der Waals surface area contributed by atoms with E-state index in [0.717, 1.165) is 5.70 Å². The second-order valence-corrected chi connectivity index (χ2v) is 1.61. The molecule has 0 aromatic rings. The molecular weight excluding hydrogens is 86.9 g/mol. The van der Waals surface area contributed by atoms with Gasteiger partial charge in [-0.25, -0.2) is 0 Å². The first kappa shape index (κ1) is 4.56. The molecule has 35 valence electrons. The molecule has 0 unspecified atom stereocenters. The molecule has 0 N–H and O–H groups in total. The molecule has 0 saturated carbocycles. The highest BCUT2D eigenvalue weighted by Gasteiger charge is 2.02. The molecule has 2 nitrogen and oxygen atoms in total. The summed E-state index contributed by atoms with van der Waals surface area (Å²) in [7, 11) is 1.76. The number of nitrogens with zero attached hydrogens (tertiary/aromatic N) is 2. The third-order valence-electron chi connectivity index (χ3n) is 1.03. The topological polar surface area (TPSA) is 24.7 Å². The van der Waals surface area contributed by atoms with Crippen molar-refractivity contribution < 1.29 is 0 Å². The molecule has 0 aliphatic carbocycles. The van der Waals surface area contributed by atoms with Crippen LogP contribution in [0.25, 0.3) is 0 Å². The molecule has 0 aromatic carbocycles. The summed E-state index contributed by atoms with van der Waals surface area (Å²) >= 11 is 0. The van der Waals surface area contributed by atoms with Crippen molar-refractivity contribution in [1.29, 1.82) is 0 Å². The monoisotopic (exact) mass is 93.1 g/mol. The lowest BCUT2D eigenvalue weighted by Gasteiger charge is -1.81.